The Morgan fingerprint density at radius 2 is 1.84 bits per heavy atom. The highest BCUT2D eigenvalue weighted by atomic mass is 16.5. The fourth-order valence-corrected chi connectivity index (χ4v) is 4.80. The van der Waals surface area contributed by atoms with E-state index in [1.54, 1.807) is 4.90 Å². The van der Waals surface area contributed by atoms with Gasteiger partial charge in [-0.2, -0.15) is 0 Å². The van der Waals surface area contributed by atoms with Crippen molar-refractivity contribution in [3.05, 3.63) is 35.9 Å². The number of nitrogens with two attached hydrogens (primary N) is 1. The number of carbonyl (C=O) groups is 3. The topological polar surface area (TPSA) is 102 Å². The number of esters is 1. The second kappa shape index (κ2) is 11.3. The molecule has 2 fully saturated rings. The third kappa shape index (κ3) is 6.53. The predicted molar refractivity (Wildman–Crippen MR) is 118 cm³/mol. The van der Waals surface area contributed by atoms with Crippen LogP contribution in [0.25, 0.3) is 0 Å². The molecule has 3 N–H and O–H groups in total. The number of likely N-dealkylation sites (tertiary alicyclic amines) is 1. The molecule has 2 amide bonds. The lowest BCUT2D eigenvalue weighted by molar-refractivity contribution is -0.146. The Morgan fingerprint density at radius 1 is 1.13 bits per heavy atom. The van der Waals surface area contributed by atoms with Crippen LogP contribution >= 0.6 is 0 Å². The van der Waals surface area contributed by atoms with E-state index in [4.69, 9.17) is 10.5 Å². The van der Waals surface area contributed by atoms with Crippen molar-refractivity contribution in [1.82, 2.24) is 10.2 Å². The van der Waals surface area contributed by atoms with E-state index in [0.29, 0.717) is 31.8 Å². The second-order valence-corrected chi connectivity index (χ2v) is 8.89. The maximum absolute atomic E-state index is 12.8. The summed E-state index contributed by atoms with van der Waals surface area (Å²) in [5.41, 5.74) is 7.33. The van der Waals surface area contributed by atoms with E-state index >= 15 is 0 Å². The molecule has 1 heterocycles. The molecule has 0 aromatic heterocycles. The zero-order chi connectivity index (χ0) is 22.2. The molecule has 3 rings (SSSR count). The predicted octanol–water partition coefficient (Wildman–Crippen LogP) is 2.03. The summed E-state index contributed by atoms with van der Waals surface area (Å²) in [6, 6.07) is 9.24. The van der Waals surface area contributed by atoms with Gasteiger partial charge < -0.3 is 20.7 Å². The van der Waals surface area contributed by atoms with Crippen LogP contribution in [0, 0.1) is 11.8 Å². The van der Waals surface area contributed by atoms with Gasteiger partial charge in [0.25, 0.3) is 0 Å². The maximum Gasteiger partial charge on any atom is 0.308 e. The van der Waals surface area contributed by atoms with Crippen molar-refractivity contribution in [1.29, 1.82) is 0 Å². The van der Waals surface area contributed by atoms with Gasteiger partial charge in [-0.05, 0) is 56.4 Å². The summed E-state index contributed by atoms with van der Waals surface area (Å²) in [7, 11) is 1.43. The van der Waals surface area contributed by atoms with Crippen LogP contribution in [0.4, 0.5) is 0 Å². The minimum absolute atomic E-state index is 0.0139. The molecule has 31 heavy (non-hydrogen) atoms. The average molecular weight is 430 g/mol. The Kier molecular flexibility index (Phi) is 8.46. The first-order valence-electron chi connectivity index (χ1n) is 11.4. The molecular formula is C24H35N3O4. The molecule has 1 saturated heterocycles. The second-order valence-electron chi connectivity index (χ2n) is 8.89. The molecule has 170 valence electrons. The van der Waals surface area contributed by atoms with Gasteiger partial charge in [-0.15, -0.1) is 0 Å². The Balaban J connectivity index is 1.43. The minimum Gasteiger partial charge on any atom is -0.469 e. The summed E-state index contributed by atoms with van der Waals surface area (Å²) < 4.78 is 4.83. The molecule has 1 aromatic rings. The number of hydrogen-bond donors (Lipinski definition) is 2. The summed E-state index contributed by atoms with van der Waals surface area (Å²) in [6.07, 6.45) is 5.84. The zero-order valence-electron chi connectivity index (χ0n) is 18.4. The number of hydrogen-bond acceptors (Lipinski definition) is 5. The van der Waals surface area contributed by atoms with Gasteiger partial charge in [0.05, 0.1) is 13.0 Å². The van der Waals surface area contributed by atoms with Crippen molar-refractivity contribution in [2.24, 2.45) is 17.6 Å². The molecule has 1 aliphatic carbocycles. The molecular weight excluding hydrogens is 394 g/mol. The summed E-state index contributed by atoms with van der Waals surface area (Å²) in [5.74, 6) is 0.111. The van der Waals surface area contributed by atoms with Crippen LogP contribution in [0.3, 0.4) is 0 Å². The molecule has 0 radical (unpaired) electrons. The van der Waals surface area contributed by atoms with Gasteiger partial charge in [0.2, 0.25) is 11.8 Å². The van der Waals surface area contributed by atoms with Crippen molar-refractivity contribution >= 4 is 17.8 Å². The highest BCUT2D eigenvalue weighted by Crippen LogP contribution is 2.29. The summed E-state index contributed by atoms with van der Waals surface area (Å²) in [5, 5.41) is 3.05. The van der Waals surface area contributed by atoms with Gasteiger partial charge in [-0.25, -0.2) is 0 Å². The molecule has 1 aliphatic heterocycles. The van der Waals surface area contributed by atoms with Crippen LogP contribution < -0.4 is 11.1 Å². The largest absolute Gasteiger partial charge is 0.469 e. The normalized spacial score (nSPS) is 24.5. The average Bonchev–Trinajstić information content (AvgIpc) is 3.28. The van der Waals surface area contributed by atoms with Crippen LogP contribution in [0.5, 0.6) is 0 Å². The molecule has 1 saturated carbocycles. The van der Waals surface area contributed by atoms with E-state index in [1.165, 1.54) is 7.11 Å². The quantitative estimate of drug-likeness (QED) is 0.616. The van der Waals surface area contributed by atoms with Crippen molar-refractivity contribution in [3.63, 3.8) is 0 Å². The standard InChI is InChI=1S/C24H35N3O4/c1-31-24(30)19-11-9-18(10-12-19)16-26-23(29)21-8-5-13-27(21)22(28)15-20(25)14-17-6-3-2-4-7-17/h2-4,6-7,18-21H,5,8-16,25H2,1H3,(H,26,29)/t18?,19?,20-,21+/m1/s1. The van der Waals surface area contributed by atoms with Gasteiger partial charge in [0.15, 0.2) is 0 Å². The van der Waals surface area contributed by atoms with Gasteiger partial charge >= 0.3 is 5.97 Å². The van der Waals surface area contributed by atoms with E-state index in [1.807, 2.05) is 30.3 Å². The highest BCUT2D eigenvalue weighted by molar-refractivity contribution is 5.88. The van der Waals surface area contributed by atoms with Gasteiger partial charge in [0, 0.05) is 25.6 Å². The Morgan fingerprint density at radius 3 is 2.52 bits per heavy atom. The van der Waals surface area contributed by atoms with Crippen molar-refractivity contribution in [2.75, 3.05) is 20.2 Å². The Bertz CT molecular complexity index is 746. The fraction of sp³-hybridized carbons (Fsp3) is 0.625. The lowest BCUT2D eigenvalue weighted by Gasteiger charge is -2.29. The zero-order valence-corrected chi connectivity index (χ0v) is 18.4. The molecule has 0 bridgehead atoms. The number of methoxy groups -OCH3 is 1. The van der Waals surface area contributed by atoms with E-state index in [9.17, 15) is 14.4 Å². The lowest BCUT2D eigenvalue weighted by atomic mass is 9.82. The smallest absolute Gasteiger partial charge is 0.308 e. The molecule has 1 aromatic carbocycles. The van der Waals surface area contributed by atoms with E-state index in [2.05, 4.69) is 5.32 Å². The molecule has 2 atom stereocenters. The number of ether oxygens (including phenoxy) is 1. The number of nitrogens with zero attached hydrogens (tertiary/aromatic N) is 1. The van der Waals surface area contributed by atoms with Crippen molar-refractivity contribution < 1.29 is 19.1 Å². The first-order valence-corrected chi connectivity index (χ1v) is 11.4. The number of nitrogens with one attached hydrogen (secondary N) is 1. The number of amides is 2. The SMILES string of the molecule is COC(=O)C1CCC(CNC(=O)[C@@H]2CCCN2C(=O)C[C@H](N)Cc2ccccc2)CC1. The van der Waals surface area contributed by atoms with Crippen LogP contribution in [-0.2, 0) is 25.5 Å². The maximum atomic E-state index is 12.8. The highest BCUT2D eigenvalue weighted by Gasteiger charge is 2.35. The van der Waals surface area contributed by atoms with E-state index < -0.39 is 6.04 Å². The van der Waals surface area contributed by atoms with Crippen molar-refractivity contribution in [3.8, 4) is 0 Å². The molecule has 0 unspecified atom stereocenters. The van der Waals surface area contributed by atoms with Gasteiger partial charge in [-0.3, -0.25) is 14.4 Å². The van der Waals surface area contributed by atoms with Gasteiger partial charge in [0.1, 0.15) is 6.04 Å². The minimum atomic E-state index is -0.400. The number of rotatable bonds is 8. The fourth-order valence-electron chi connectivity index (χ4n) is 4.80. The first-order chi connectivity index (χ1) is 15.0. The molecule has 2 aliphatic rings. The van der Waals surface area contributed by atoms with Crippen molar-refractivity contribution in [2.45, 2.75) is 63.5 Å². The molecule has 7 nitrogen and oxygen atoms in total. The van der Waals surface area contributed by atoms with E-state index in [-0.39, 0.29) is 36.2 Å². The first kappa shape index (κ1) is 23.3. The van der Waals surface area contributed by atoms with E-state index in [0.717, 1.165) is 37.7 Å². The monoisotopic (exact) mass is 429 g/mol. The Labute approximate surface area is 184 Å². The molecule has 7 heteroatoms. The summed E-state index contributed by atoms with van der Waals surface area (Å²) in [4.78, 5) is 39.0. The summed E-state index contributed by atoms with van der Waals surface area (Å²) >= 11 is 0. The van der Waals surface area contributed by atoms with Crippen LogP contribution in [0.2, 0.25) is 0 Å². The van der Waals surface area contributed by atoms with Crippen LogP contribution in [0.1, 0.15) is 50.5 Å². The third-order valence-corrected chi connectivity index (χ3v) is 6.60. The Hall–Kier alpha value is -2.41. The third-order valence-electron chi connectivity index (χ3n) is 6.60. The summed E-state index contributed by atoms with van der Waals surface area (Å²) in [6.45, 7) is 1.21. The number of benzene rings is 1. The van der Waals surface area contributed by atoms with Crippen LogP contribution in [0.15, 0.2) is 30.3 Å². The van der Waals surface area contributed by atoms with Crippen LogP contribution in [-0.4, -0.2) is 55.0 Å². The molecule has 0 spiro atoms. The number of carbonyl (C=O) groups excluding carboxylic acids is 3. The van der Waals surface area contributed by atoms with Gasteiger partial charge in [-0.1, -0.05) is 30.3 Å². The lowest BCUT2D eigenvalue weighted by Crippen LogP contribution is -2.48.